The van der Waals surface area contributed by atoms with E-state index in [0.717, 1.165) is 18.9 Å². The number of hydrogen-bond donors (Lipinski definition) is 1. The molecule has 0 radical (unpaired) electrons. The quantitative estimate of drug-likeness (QED) is 0.851. The summed E-state index contributed by atoms with van der Waals surface area (Å²) < 4.78 is 0. The van der Waals surface area contributed by atoms with Crippen molar-refractivity contribution in [2.45, 2.75) is 51.0 Å². The Balaban J connectivity index is 1.71. The zero-order chi connectivity index (χ0) is 13.1. The average molecular weight is 279 g/mol. The molecule has 2 aliphatic rings. The summed E-state index contributed by atoms with van der Waals surface area (Å²) in [6, 6.07) is 0.505. The van der Waals surface area contributed by atoms with Gasteiger partial charge in [-0.2, -0.15) is 0 Å². The van der Waals surface area contributed by atoms with Gasteiger partial charge in [0.15, 0.2) is 5.13 Å². The summed E-state index contributed by atoms with van der Waals surface area (Å²) in [7, 11) is 0. The fourth-order valence-corrected chi connectivity index (χ4v) is 4.01. The van der Waals surface area contributed by atoms with Crippen LogP contribution in [0.1, 0.15) is 44.9 Å². The number of rotatable bonds is 1. The van der Waals surface area contributed by atoms with Crippen molar-refractivity contribution in [2.24, 2.45) is 5.92 Å². The van der Waals surface area contributed by atoms with Gasteiger partial charge in [0.1, 0.15) is 0 Å². The number of carbonyl (C=O) groups excluding carboxylic acids is 1. The molecular weight excluding hydrogens is 258 g/mol. The summed E-state index contributed by atoms with van der Waals surface area (Å²) in [6.45, 7) is 0.901. The molecule has 19 heavy (non-hydrogen) atoms. The first kappa shape index (κ1) is 12.9. The van der Waals surface area contributed by atoms with Gasteiger partial charge in [-0.05, 0) is 31.6 Å². The standard InChI is InChI=1S/C14H21N3OS/c18-14(16-13-15-8-10-19-13)17-9-4-3-6-11-5-1-2-7-12(11)17/h8,10-12H,1-7,9H2,(H,15,16,18). The maximum absolute atomic E-state index is 12.5. The third-order valence-electron chi connectivity index (χ3n) is 4.40. The lowest BCUT2D eigenvalue weighted by atomic mass is 9.82. The molecule has 0 spiro atoms. The van der Waals surface area contributed by atoms with Crippen LogP contribution in [0.15, 0.2) is 11.6 Å². The van der Waals surface area contributed by atoms with E-state index in [0.29, 0.717) is 11.2 Å². The van der Waals surface area contributed by atoms with E-state index in [9.17, 15) is 4.79 Å². The molecule has 0 bridgehead atoms. The van der Waals surface area contributed by atoms with Crippen molar-refractivity contribution in [2.75, 3.05) is 11.9 Å². The summed E-state index contributed by atoms with van der Waals surface area (Å²) >= 11 is 1.48. The molecular formula is C14H21N3OS. The molecule has 1 aliphatic carbocycles. The molecule has 1 N–H and O–H groups in total. The Kier molecular flexibility index (Phi) is 4.01. The topological polar surface area (TPSA) is 45.2 Å². The third kappa shape index (κ3) is 2.91. The molecule has 2 fully saturated rings. The van der Waals surface area contributed by atoms with Gasteiger partial charge >= 0.3 is 6.03 Å². The number of carbonyl (C=O) groups is 1. The SMILES string of the molecule is O=C(Nc1nccs1)N1CCCCC2CCCCC21. The van der Waals surface area contributed by atoms with Crippen LogP contribution < -0.4 is 5.32 Å². The van der Waals surface area contributed by atoms with Crippen molar-refractivity contribution >= 4 is 22.5 Å². The van der Waals surface area contributed by atoms with Crippen molar-refractivity contribution in [1.82, 2.24) is 9.88 Å². The predicted octanol–water partition coefficient (Wildman–Crippen LogP) is 3.72. The zero-order valence-electron chi connectivity index (χ0n) is 11.2. The first-order chi connectivity index (χ1) is 9.34. The number of thiazole rings is 1. The second-order valence-electron chi connectivity index (χ2n) is 5.57. The predicted molar refractivity (Wildman–Crippen MR) is 77.4 cm³/mol. The molecule has 1 aromatic heterocycles. The van der Waals surface area contributed by atoms with Gasteiger partial charge in [-0.25, -0.2) is 9.78 Å². The first-order valence-electron chi connectivity index (χ1n) is 7.32. The number of nitrogens with one attached hydrogen (secondary N) is 1. The monoisotopic (exact) mass is 279 g/mol. The second-order valence-corrected chi connectivity index (χ2v) is 6.46. The molecule has 2 heterocycles. The summed E-state index contributed by atoms with van der Waals surface area (Å²) in [6.07, 6.45) is 10.5. The molecule has 2 amide bonds. The van der Waals surface area contributed by atoms with E-state index in [2.05, 4.69) is 15.2 Å². The van der Waals surface area contributed by atoms with Crippen LogP contribution in [0.2, 0.25) is 0 Å². The van der Waals surface area contributed by atoms with E-state index in [1.54, 1.807) is 6.20 Å². The molecule has 2 unspecified atom stereocenters. The smallest absolute Gasteiger partial charge is 0.321 e. The maximum Gasteiger partial charge on any atom is 0.323 e. The fraction of sp³-hybridized carbons (Fsp3) is 0.714. The van der Waals surface area contributed by atoms with E-state index >= 15 is 0 Å². The Morgan fingerprint density at radius 1 is 1.26 bits per heavy atom. The number of amides is 2. The van der Waals surface area contributed by atoms with Crippen molar-refractivity contribution in [1.29, 1.82) is 0 Å². The van der Waals surface area contributed by atoms with E-state index in [-0.39, 0.29) is 6.03 Å². The van der Waals surface area contributed by atoms with Crippen LogP contribution in [0.5, 0.6) is 0 Å². The average Bonchev–Trinajstić information content (AvgIpc) is 2.83. The molecule has 1 saturated heterocycles. The van der Waals surface area contributed by atoms with Crippen LogP contribution in [0.25, 0.3) is 0 Å². The van der Waals surface area contributed by atoms with E-state index < -0.39 is 0 Å². The Morgan fingerprint density at radius 3 is 2.84 bits per heavy atom. The maximum atomic E-state index is 12.5. The minimum Gasteiger partial charge on any atom is -0.321 e. The van der Waals surface area contributed by atoms with Gasteiger partial charge in [-0.1, -0.05) is 19.3 Å². The van der Waals surface area contributed by atoms with E-state index in [1.165, 1.54) is 49.9 Å². The summed E-state index contributed by atoms with van der Waals surface area (Å²) in [5, 5.41) is 5.55. The van der Waals surface area contributed by atoms with Gasteiger partial charge in [0.2, 0.25) is 0 Å². The highest BCUT2D eigenvalue weighted by Gasteiger charge is 2.34. The van der Waals surface area contributed by atoms with Crippen LogP contribution in [0.3, 0.4) is 0 Å². The number of hydrogen-bond acceptors (Lipinski definition) is 3. The summed E-state index contributed by atoms with van der Waals surface area (Å²) in [5.74, 6) is 0.721. The van der Waals surface area contributed by atoms with Gasteiger partial charge in [-0.15, -0.1) is 11.3 Å². The Bertz CT molecular complexity index is 420. The van der Waals surface area contributed by atoms with Crippen molar-refractivity contribution in [3.63, 3.8) is 0 Å². The molecule has 1 saturated carbocycles. The number of anilines is 1. The molecule has 104 valence electrons. The van der Waals surface area contributed by atoms with Gasteiger partial charge in [0.25, 0.3) is 0 Å². The zero-order valence-corrected chi connectivity index (χ0v) is 12.0. The molecule has 4 nitrogen and oxygen atoms in total. The Hall–Kier alpha value is -1.10. The van der Waals surface area contributed by atoms with Crippen LogP contribution in [0, 0.1) is 5.92 Å². The van der Waals surface area contributed by atoms with E-state index in [1.807, 2.05) is 5.38 Å². The third-order valence-corrected chi connectivity index (χ3v) is 5.09. The van der Waals surface area contributed by atoms with Crippen LogP contribution in [-0.4, -0.2) is 28.5 Å². The Morgan fingerprint density at radius 2 is 2.05 bits per heavy atom. The number of aromatic nitrogens is 1. The summed E-state index contributed by atoms with van der Waals surface area (Å²) in [5.41, 5.74) is 0. The highest BCUT2D eigenvalue weighted by atomic mass is 32.1. The lowest BCUT2D eigenvalue weighted by Gasteiger charge is -2.38. The van der Waals surface area contributed by atoms with Crippen molar-refractivity contribution in [3.8, 4) is 0 Å². The van der Waals surface area contributed by atoms with Gasteiger partial charge in [0.05, 0.1) is 0 Å². The second kappa shape index (κ2) is 5.90. The molecule has 1 aromatic rings. The van der Waals surface area contributed by atoms with Gasteiger partial charge in [-0.3, -0.25) is 5.32 Å². The highest BCUT2D eigenvalue weighted by Crippen LogP contribution is 2.34. The van der Waals surface area contributed by atoms with Crippen molar-refractivity contribution < 1.29 is 4.79 Å². The van der Waals surface area contributed by atoms with Crippen LogP contribution in [-0.2, 0) is 0 Å². The fourth-order valence-electron chi connectivity index (χ4n) is 3.49. The van der Waals surface area contributed by atoms with Gasteiger partial charge < -0.3 is 4.90 Å². The van der Waals surface area contributed by atoms with Crippen LogP contribution >= 0.6 is 11.3 Å². The normalized spacial score (nSPS) is 27.5. The van der Waals surface area contributed by atoms with E-state index in [4.69, 9.17) is 0 Å². The lowest BCUT2D eigenvalue weighted by Crippen LogP contribution is -2.47. The lowest BCUT2D eigenvalue weighted by molar-refractivity contribution is 0.138. The highest BCUT2D eigenvalue weighted by molar-refractivity contribution is 7.13. The molecule has 2 atom stereocenters. The molecule has 0 aromatic carbocycles. The minimum atomic E-state index is 0.0498. The molecule has 5 heteroatoms. The van der Waals surface area contributed by atoms with Crippen molar-refractivity contribution in [3.05, 3.63) is 11.6 Å². The number of fused-ring (bicyclic) bond motifs is 1. The van der Waals surface area contributed by atoms with Crippen LogP contribution in [0.4, 0.5) is 9.93 Å². The van der Waals surface area contributed by atoms with Gasteiger partial charge in [0, 0.05) is 24.2 Å². The number of likely N-dealkylation sites (tertiary alicyclic amines) is 1. The number of nitrogens with zero attached hydrogens (tertiary/aromatic N) is 2. The minimum absolute atomic E-state index is 0.0498. The Labute approximate surface area is 118 Å². The molecule has 3 rings (SSSR count). The first-order valence-corrected chi connectivity index (χ1v) is 8.19. The number of urea groups is 1. The summed E-state index contributed by atoms with van der Waals surface area (Å²) in [4.78, 5) is 18.7. The largest absolute Gasteiger partial charge is 0.323 e. The molecule has 1 aliphatic heterocycles.